The lowest BCUT2D eigenvalue weighted by atomic mass is 10.1. The highest BCUT2D eigenvalue weighted by atomic mass is 32.2. The van der Waals surface area contributed by atoms with Crippen molar-refractivity contribution < 1.29 is 30.8 Å². The van der Waals surface area contributed by atoms with Gasteiger partial charge in [0, 0.05) is 12.2 Å². The Morgan fingerprint density at radius 1 is 0.875 bits per heavy atom. The number of hydrogen-bond donors (Lipinski definition) is 2. The molecule has 0 unspecified atom stereocenters. The third-order valence-electron chi connectivity index (χ3n) is 4.44. The second-order valence-corrected chi connectivity index (χ2v) is 8.59. The number of hydrogen-bond acceptors (Lipinski definition) is 3. The number of carbonyl (C=O) groups excluding carboxylic acids is 1. The van der Waals surface area contributed by atoms with Crippen LogP contribution in [0.25, 0.3) is 0 Å². The molecule has 0 spiro atoms. The van der Waals surface area contributed by atoms with Crippen LogP contribution in [-0.4, -0.2) is 14.3 Å². The number of sulfonamides is 1. The van der Waals surface area contributed by atoms with Gasteiger partial charge >= 0.3 is 6.18 Å². The van der Waals surface area contributed by atoms with Crippen LogP contribution in [0.1, 0.15) is 16.7 Å². The summed E-state index contributed by atoms with van der Waals surface area (Å²) in [5, 5.41) is 2.56. The Morgan fingerprint density at radius 2 is 1.53 bits per heavy atom. The van der Waals surface area contributed by atoms with Gasteiger partial charge in [-0.1, -0.05) is 24.3 Å². The minimum Gasteiger partial charge on any atom is -0.352 e. The van der Waals surface area contributed by atoms with Crippen LogP contribution in [0.3, 0.4) is 0 Å². The topological polar surface area (TPSA) is 75.3 Å². The first-order valence-electron chi connectivity index (χ1n) is 9.33. The molecule has 0 aromatic heterocycles. The summed E-state index contributed by atoms with van der Waals surface area (Å²) in [5.41, 5.74) is 0.361. The number of anilines is 1. The normalized spacial score (nSPS) is 11.8. The van der Waals surface area contributed by atoms with Gasteiger partial charge in [0.25, 0.3) is 10.0 Å². The molecule has 168 valence electrons. The molecule has 0 aliphatic heterocycles. The molecule has 0 radical (unpaired) electrons. The number of nitrogens with one attached hydrogen (secondary N) is 2. The zero-order valence-electron chi connectivity index (χ0n) is 16.5. The van der Waals surface area contributed by atoms with Crippen molar-refractivity contribution in [2.45, 2.75) is 24.0 Å². The summed E-state index contributed by atoms with van der Waals surface area (Å²) < 4.78 is 78.2. The Morgan fingerprint density at radius 3 is 2.16 bits per heavy atom. The van der Waals surface area contributed by atoms with Gasteiger partial charge in [0.05, 0.1) is 16.9 Å². The van der Waals surface area contributed by atoms with E-state index in [9.17, 15) is 30.8 Å². The third-order valence-corrected chi connectivity index (χ3v) is 5.84. The molecule has 1 amide bonds. The van der Waals surface area contributed by atoms with Crippen LogP contribution in [0.5, 0.6) is 0 Å². The summed E-state index contributed by atoms with van der Waals surface area (Å²) in [5.74, 6) is -0.957. The molecule has 0 fully saturated rings. The Balaban J connectivity index is 1.56. The molecule has 0 aliphatic rings. The maximum absolute atomic E-state index is 13.0. The second-order valence-electron chi connectivity index (χ2n) is 6.91. The lowest BCUT2D eigenvalue weighted by Crippen LogP contribution is -2.24. The van der Waals surface area contributed by atoms with Crippen LogP contribution in [0.15, 0.2) is 77.7 Å². The van der Waals surface area contributed by atoms with Crippen molar-refractivity contribution in [3.8, 4) is 0 Å². The van der Waals surface area contributed by atoms with E-state index in [-0.39, 0.29) is 23.5 Å². The lowest BCUT2D eigenvalue weighted by molar-refractivity contribution is -0.137. The molecule has 0 aliphatic carbocycles. The Kier molecular flexibility index (Phi) is 6.83. The fourth-order valence-electron chi connectivity index (χ4n) is 2.82. The second kappa shape index (κ2) is 9.39. The van der Waals surface area contributed by atoms with Crippen LogP contribution in [-0.2, 0) is 34.0 Å². The zero-order valence-corrected chi connectivity index (χ0v) is 17.3. The summed E-state index contributed by atoms with van der Waals surface area (Å²) >= 11 is 0. The van der Waals surface area contributed by atoms with Crippen LogP contribution < -0.4 is 10.0 Å². The predicted molar refractivity (Wildman–Crippen MR) is 111 cm³/mol. The van der Waals surface area contributed by atoms with E-state index in [1.54, 1.807) is 12.1 Å². The van der Waals surface area contributed by atoms with Gasteiger partial charge < -0.3 is 5.32 Å². The van der Waals surface area contributed by atoms with Gasteiger partial charge in [-0.2, -0.15) is 13.2 Å². The minimum absolute atomic E-state index is 0.0377. The van der Waals surface area contributed by atoms with Crippen molar-refractivity contribution in [2.24, 2.45) is 0 Å². The number of carbonyl (C=O) groups is 1. The monoisotopic (exact) mass is 466 g/mol. The van der Waals surface area contributed by atoms with Crippen LogP contribution in [0, 0.1) is 5.82 Å². The largest absolute Gasteiger partial charge is 0.416 e. The fourth-order valence-corrected chi connectivity index (χ4v) is 3.88. The number of benzene rings is 3. The molecule has 3 aromatic rings. The van der Waals surface area contributed by atoms with Crippen molar-refractivity contribution >= 4 is 21.6 Å². The van der Waals surface area contributed by atoms with E-state index in [1.165, 1.54) is 24.3 Å². The van der Waals surface area contributed by atoms with Gasteiger partial charge in [0.1, 0.15) is 5.82 Å². The molecule has 32 heavy (non-hydrogen) atoms. The van der Waals surface area contributed by atoms with E-state index >= 15 is 0 Å². The van der Waals surface area contributed by atoms with Gasteiger partial charge in [-0.3, -0.25) is 9.52 Å². The summed E-state index contributed by atoms with van der Waals surface area (Å²) in [6, 6.07) is 15.1. The van der Waals surface area contributed by atoms with Gasteiger partial charge in [-0.25, -0.2) is 12.8 Å². The van der Waals surface area contributed by atoms with E-state index in [0.717, 1.165) is 36.4 Å². The Labute approximate surface area is 182 Å². The van der Waals surface area contributed by atoms with Gasteiger partial charge in [0.15, 0.2) is 0 Å². The van der Waals surface area contributed by atoms with Crippen molar-refractivity contribution in [3.63, 3.8) is 0 Å². The van der Waals surface area contributed by atoms with E-state index in [1.807, 2.05) is 0 Å². The van der Waals surface area contributed by atoms with Crippen molar-refractivity contribution in [3.05, 3.63) is 95.3 Å². The van der Waals surface area contributed by atoms with Gasteiger partial charge in [0.2, 0.25) is 5.91 Å². The summed E-state index contributed by atoms with van der Waals surface area (Å²) in [6.07, 6.45) is -4.50. The highest BCUT2D eigenvalue weighted by molar-refractivity contribution is 7.92. The van der Waals surface area contributed by atoms with Crippen LogP contribution in [0.4, 0.5) is 23.2 Å². The highest BCUT2D eigenvalue weighted by Crippen LogP contribution is 2.29. The van der Waals surface area contributed by atoms with Gasteiger partial charge in [-0.05, 0) is 59.7 Å². The Bertz CT molecular complexity index is 1190. The highest BCUT2D eigenvalue weighted by Gasteiger charge is 2.30. The maximum atomic E-state index is 13.0. The quantitative estimate of drug-likeness (QED) is 0.504. The molecule has 0 saturated heterocycles. The minimum atomic E-state index is -4.46. The Hall–Kier alpha value is -3.40. The van der Waals surface area contributed by atoms with Crippen molar-refractivity contribution in [1.82, 2.24) is 5.32 Å². The number of halogens is 4. The smallest absolute Gasteiger partial charge is 0.352 e. The molecule has 3 rings (SSSR count). The first-order valence-corrected chi connectivity index (χ1v) is 10.8. The molecule has 0 bridgehead atoms. The summed E-state index contributed by atoms with van der Waals surface area (Å²) in [6.45, 7) is -0.0572. The molecule has 10 heteroatoms. The SMILES string of the molecule is O=C(Cc1ccc(NS(=O)(=O)c2ccc(F)cc2)cc1)NCc1cccc(C(F)(F)F)c1. The third kappa shape index (κ3) is 6.30. The standard InChI is InChI=1S/C22H18F4N2O3S/c23-18-6-10-20(11-7-18)32(30,31)28-19-8-4-15(5-9-19)13-21(29)27-14-16-2-1-3-17(12-16)22(24,25)26/h1-12,28H,13-14H2,(H,27,29). The lowest BCUT2D eigenvalue weighted by Gasteiger charge is -2.10. The first-order chi connectivity index (χ1) is 15.0. The molecule has 0 atom stereocenters. The van der Waals surface area contributed by atoms with E-state index in [0.29, 0.717) is 11.1 Å². The van der Waals surface area contributed by atoms with Crippen LogP contribution in [0.2, 0.25) is 0 Å². The number of amides is 1. The summed E-state index contributed by atoms with van der Waals surface area (Å²) in [7, 11) is -3.90. The van der Waals surface area contributed by atoms with Crippen molar-refractivity contribution in [2.75, 3.05) is 4.72 Å². The molecule has 5 nitrogen and oxygen atoms in total. The fraction of sp³-hybridized carbons (Fsp3) is 0.136. The molecule has 0 heterocycles. The molecule has 2 N–H and O–H groups in total. The summed E-state index contributed by atoms with van der Waals surface area (Å²) in [4.78, 5) is 12.0. The van der Waals surface area contributed by atoms with Crippen LogP contribution >= 0.6 is 0 Å². The average molecular weight is 466 g/mol. The van der Waals surface area contributed by atoms with E-state index < -0.39 is 33.5 Å². The molecular formula is C22H18F4N2O3S. The van der Waals surface area contributed by atoms with Gasteiger partial charge in [-0.15, -0.1) is 0 Å². The average Bonchev–Trinajstić information content (AvgIpc) is 2.73. The number of rotatable bonds is 7. The predicted octanol–water partition coefficient (Wildman–Crippen LogP) is 4.50. The molecule has 3 aromatic carbocycles. The molecular weight excluding hydrogens is 448 g/mol. The zero-order chi connectivity index (χ0) is 23.4. The maximum Gasteiger partial charge on any atom is 0.416 e. The van der Waals surface area contributed by atoms with E-state index in [4.69, 9.17) is 0 Å². The van der Waals surface area contributed by atoms with Crippen molar-refractivity contribution in [1.29, 1.82) is 0 Å². The first kappa shape index (κ1) is 23.3. The van der Waals surface area contributed by atoms with E-state index in [2.05, 4.69) is 10.0 Å². The number of alkyl halides is 3. The molecule has 0 saturated carbocycles.